The van der Waals surface area contributed by atoms with Crippen LogP contribution in [0, 0.1) is 0 Å². The van der Waals surface area contributed by atoms with Crippen molar-refractivity contribution in [3.05, 3.63) is 59.2 Å². The molecule has 0 saturated carbocycles. The zero-order chi connectivity index (χ0) is 15.7. The number of benzene rings is 2. The number of amides is 1. The van der Waals surface area contributed by atoms with E-state index >= 15 is 0 Å². The Hall–Kier alpha value is -2.82. The lowest BCUT2D eigenvalue weighted by atomic mass is 9.98. The summed E-state index contributed by atoms with van der Waals surface area (Å²) < 4.78 is 5.27. The predicted octanol–water partition coefficient (Wildman–Crippen LogP) is 2.60. The summed E-state index contributed by atoms with van der Waals surface area (Å²) in [5, 5.41) is 9.05. The first-order valence-corrected chi connectivity index (χ1v) is 6.93. The van der Waals surface area contributed by atoms with E-state index in [-0.39, 0.29) is 11.5 Å². The molecule has 0 spiro atoms. The van der Waals surface area contributed by atoms with Gasteiger partial charge in [0.25, 0.3) is 5.91 Å². The summed E-state index contributed by atoms with van der Waals surface area (Å²) in [5.41, 5.74) is 2.43. The number of carboxylic acids is 1. The van der Waals surface area contributed by atoms with Crippen molar-refractivity contribution >= 4 is 17.6 Å². The molecule has 2 aromatic rings. The SMILES string of the molecule is COc1cc(C(=O)O)ccc1N1CCc2ccccc2C1=O. The third-order valence-electron chi connectivity index (χ3n) is 3.82. The summed E-state index contributed by atoms with van der Waals surface area (Å²) in [5.74, 6) is -0.740. The van der Waals surface area contributed by atoms with Gasteiger partial charge in [-0.15, -0.1) is 0 Å². The summed E-state index contributed by atoms with van der Waals surface area (Å²) in [7, 11) is 1.47. The summed E-state index contributed by atoms with van der Waals surface area (Å²) in [6.07, 6.45) is 0.756. The molecule has 22 heavy (non-hydrogen) atoms. The van der Waals surface area contributed by atoms with Gasteiger partial charge in [0, 0.05) is 12.1 Å². The van der Waals surface area contributed by atoms with Gasteiger partial charge in [-0.3, -0.25) is 4.79 Å². The highest BCUT2D eigenvalue weighted by Crippen LogP contribution is 2.33. The Morgan fingerprint density at radius 2 is 2.00 bits per heavy atom. The molecule has 0 atom stereocenters. The van der Waals surface area contributed by atoms with E-state index in [1.54, 1.807) is 11.0 Å². The maximum absolute atomic E-state index is 12.7. The molecule has 1 amide bonds. The molecule has 3 rings (SSSR count). The molecule has 5 nitrogen and oxygen atoms in total. The molecule has 1 aliphatic heterocycles. The molecule has 1 N–H and O–H groups in total. The molecule has 0 radical (unpaired) electrons. The van der Waals surface area contributed by atoms with Crippen LogP contribution in [0.5, 0.6) is 5.75 Å². The number of carboxylic acid groups (broad SMARTS) is 1. The van der Waals surface area contributed by atoms with Gasteiger partial charge in [0.05, 0.1) is 18.4 Å². The van der Waals surface area contributed by atoms with Gasteiger partial charge < -0.3 is 14.7 Å². The van der Waals surface area contributed by atoms with Gasteiger partial charge in [-0.2, -0.15) is 0 Å². The van der Waals surface area contributed by atoms with Crippen molar-refractivity contribution < 1.29 is 19.4 Å². The van der Waals surface area contributed by atoms with Gasteiger partial charge >= 0.3 is 5.97 Å². The van der Waals surface area contributed by atoms with Crippen LogP contribution >= 0.6 is 0 Å². The summed E-state index contributed by atoms with van der Waals surface area (Å²) >= 11 is 0. The fourth-order valence-electron chi connectivity index (χ4n) is 2.69. The standard InChI is InChI=1S/C17H15NO4/c1-22-15-10-12(17(20)21)6-7-14(15)18-9-8-11-4-2-3-5-13(11)16(18)19/h2-7,10H,8-9H2,1H3,(H,20,21). The van der Waals surface area contributed by atoms with Crippen molar-refractivity contribution in [2.24, 2.45) is 0 Å². The first kappa shape index (κ1) is 14.1. The lowest BCUT2D eigenvalue weighted by Crippen LogP contribution is -2.37. The topological polar surface area (TPSA) is 66.8 Å². The van der Waals surface area contributed by atoms with Crippen molar-refractivity contribution in [3.8, 4) is 5.75 Å². The van der Waals surface area contributed by atoms with Gasteiger partial charge in [-0.25, -0.2) is 4.79 Å². The van der Waals surface area contributed by atoms with Gasteiger partial charge in [0.2, 0.25) is 0 Å². The number of carbonyl (C=O) groups excluding carboxylic acids is 1. The number of anilines is 1. The predicted molar refractivity (Wildman–Crippen MR) is 81.8 cm³/mol. The molecule has 5 heteroatoms. The van der Waals surface area contributed by atoms with E-state index in [2.05, 4.69) is 0 Å². The zero-order valence-corrected chi connectivity index (χ0v) is 12.1. The Kier molecular flexibility index (Phi) is 3.55. The number of nitrogens with zero attached hydrogens (tertiary/aromatic N) is 1. The monoisotopic (exact) mass is 297 g/mol. The fourth-order valence-corrected chi connectivity index (χ4v) is 2.69. The van der Waals surface area contributed by atoms with Crippen LogP contribution in [0.2, 0.25) is 0 Å². The van der Waals surface area contributed by atoms with Crippen LogP contribution in [0.1, 0.15) is 26.3 Å². The first-order chi connectivity index (χ1) is 10.6. The van der Waals surface area contributed by atoms with Crippen molar-refractivity contribution in [2.75, 3.05) is 18.6 Å². The van der Waals surface area contributed by atoms with Crippen molar-refractivity contribution in [3.63, 3.8) is 0 Å². The third kappa shape index (κ3) is 2.30. The molecule has 0 aromatic heterocycles. The molecule has 0 saturated heterocycles. The second kappa shape index (κ2) is 5.52. The molecule has 1 aliphatic rings. The number of fused-ring (bicyclic) bond motifs is 1. The normalized spacial score (nSPS) is 13.7. The van der Waals surface area contributed by atoms with Crippen LogP contribution in [0.15, 0.2) is 42.5 Å². The third-order valence-corrected chi connectivity index (χ3v) is 3.82. The number of hydrogen-bond donors (Lipinski definition) is 1. The first-order valence-electron chi connectivity index (χ1n) is 6.93. The van der Waals surface area contributed by atoms with E-state index in [0.29, 0.717) is 23.5 Å². The summed E-state index contributed by atoms with van der Waals surface area (Å²) in [6, 6.07) is 12.1. The van der Waals surface area contributed by atoms with E-state index in [1.165, 1.54) is 19.2 Å². The maximum Gasteiger partial charge on any atom is 0.335 e. The Morgan fingerprint density at radius 1 is 1.23 bits per heavy atom. The number of methoxy groups -OCH3 is 1. The number of rotatable bonds is 3. The molecule has 0 aliphatic carbocycles. The van der Waals surface area contributed by atoms with Crippen LogP contribution in [-0.2, 0) is 6.42 Å². The highest BCUT2D eigenvalue weighted by molar-refractivity contribution is 6.09. The molecule has 2 aromatic carbocycles. The van der Waals surface area contributed by atoms with Crippen molar-refractivity contribution in [1.82, 2.24) is 0 Å². The number of hydrogen-bond acceptors (Lipinski definition) is 3. The summed E-state index contributed by atoms with van der Waals surface area (Å²) in [6.45, 7) is 0.540. The molecule has 0 unspecified atom stereocenters. The maximum atomic E-state index is 12.7. The Bertz CT molecular complexity index is 754. The van der Waals surface area contributed by atoms with Crippen LogP contribution in [0.4, 0.5) is 5.69 Å². The minimum atomic E-state index is -1.03. The van der Waals surface area contributed by atoms with Crippen molar-refractivity contribution in [2.45, 2.75) is 6.42 Å². The minimum Gasteiger partial charge on any atom is -0.495 e. The second-order valence-corrected chi connectivity index (χ2v) is 5.06. The van der Waals surface area contributed by atoms with Gasteiger partial charge in [0.1, 0.15) is 5.75 Å². The van der Waals surface area contributed by atoms with E-state index < -0.39 is 5.97 Å². The summed E-state index contributed by atoms with van der Waals surface area (Å²) in [4.78, 5) is 25.3. The van der Waals surface area contributed by atoms with Crippen LogP contribution in [0.3, 0.4) is 0 Å². The van der Waals surface area contributed by atoms with E-state index in [9.17, 15) is 9.59 Å². The van der Waals surface area contributed by atoms with Gasteiger partial charge in [-0.05, 0) is 36.2 Å². The zero-order valence-electron chi connectivity index (χ0n) is 12.1. The highest BCUT2D eigenvalue weighted by atomic mass is 16.5. The lowest BCUT2D eigenvalue weighted by Gasteiger charge is -2.29. The highest BCUT2D eigenvalue weighted by Gasteiger charge is 2.27. The number of carbonyl (C=O) groups is 2. The Labute approximate surface area is 127 Å². The van der Waals surface area contributed by atoms with E-state index in [1.807, 2.05) is 24.3 Å². The van der Waals surface area contributed by atoms with Crippen LogP contribution in [0.25, 0.3) is 0 Å². The average Bonchev–Trinajstić information content (AvgIpc) is 2.55. The quantitative estimate of drug-likeness (QED) is 0.945. The van der Waals surface area contributed by atoms with Crippen LogP contribution in [-0.4, -0.2) is 30.6 Å². The Morgan fingerprint density at radius 3 is 2.73 bits per heavy atom. The fraction of sp³-hybridized carbons (Fsp3) is 0.176. The number of ether oxygens (including phenoxy) is 1. The smallest absolute Gasteiger partial charge is 0.335 e. The molecular formula is C17H15NO4. The Balaban J connectivity index is 2.02. The molecular weight excluding hydrogens is 282 g/mol. The van der Waals surface area contributed by atoms with Crippen LogP contribution < -0.4 is 9.64 Å². The van der Waals surface area contributed by atoms with Crippen molar-refractivity contribution in [1.29, 1.82) is 0 Å². The average molecular weight is 297 g/mol. The molecule has 1 heterocycles. The largest absolute Gasteiger partial charge is 0.495 e. The lowest BCUT2D eigenvalue weighted by molar-refractivity contribution is 0.0696. The molecule has 0 bridgehead atoms. The molecule has 112 valence electrons. The molecule has 0 fully saturated rings. The minimum absolute atomic E-state index is 0.0942. The second-order valence-electron chi connectivity index (χ2n) is 5.06. The van der Waals surface area contributed by atoms with Gasteiger partial charge in [0.15, 0.2) is 0 Å². The number of aromatic carboxylic acids is 1. The van der Waals surface area contributed by atoms with E-state index in [0.717, 1.165) is 12.0 Å². The van der Waals surface area contributed by atoms with E-state index in [4.69, 9.17) is 9.84 Å². The van der Waals surface area contributed by atoms with Gasteiger partial charge in [-0.1, -0.05) is 18.2 Å².